The van der Waals surface area contributed by atoms with Crippen LogP contribution in [0.25, 0.3) is 10.2 Å². The van der Waals surface area contributed by atoms with E-state index >= 15 is 0 Å². The molecule has 0 saturated heterocycles. The van der Waals surface area contributed by atoms with Crippen LogP contribution >= 0.6 is 11.3 Å². The van der Waals surface area contributed by atoms with Crippen LogP contribution in [-0.2, 0) is 9.47 Å². The van der Waals surface area contributed by atoms with Crippen molar-refractivity contribution in [2.45, 2.75) is 6.92 Å². The molecule has 0 aliphatic heterocycles. The zero-order valence-corrected chi connectivity index (χ0v) is 14.6. The fourth-order valence-corrected chi connectivity index (χ4v) is 3.37. The van der Waals surface area contributed by atoms with E-state index in [-0.39, 0.29) is 12.4 Å². The number of phenols is 1. The predicted molar refractivity (Wildman–Crippen MR) is 95.7 cm³/mol. The summed E-state index contributed by atoms with van der Waals surface area (Å²) >= 11 is 1.27. The number of nitrogens with one attached hydrogen (secondary N) is 1. The molecule has 0 radical (unpaired) electrons. The van der Waals surface area contributed by atoms with Gasteiger partial charge in [0.15, 0.2) is 0 Å². The van der Waals surface area contributed by atoms with Crippen molar-refractivity contribution in [3.63, 3.8) is 0 Å². The molecule has 3 rings (SSSR count). The quantitative estimate of drug-likeness (QED) is 0.396. The Bertz CT molecular complexity index is 893. The molecule has 0 unspecified atom stereocenters. The first-order valence-electron chi connectivity index (χ1n) is 7.56. The second-order valence-corrected chi connectivity index (χ2v) is 6.26. The number of ether oxygens (including phenoxy) is 2. The highest BCUT2D eigenvalue weighted by atomic mass is 32.1. The molecule has 2 heterocycles. The normalized spacial score (nSPS) is 10.8. The van der Waals surface area contributed by atoms with E-state index in [9.17, 15) is 9.90 Å². The summed E-state index contributed by atoms with van der Waals surface area (Å²) in [5.74, 6) is 0.389. The number of hydrogen-bond acceptors (Lipinski definition) is 8. The highest BCUT2D eigenvalue weighted by molar-refractivity contribution is 7.20. The number of hydrogen-bond donors (Lipinski definition) is 2. The number of benzene rings is 1. The molecular formula is C17H17N3O4S. The van der Waals surface area contributed by atoms with Gasteiger partial charge < -0.3 is 19.9 Å². The van der Waals surface area contributed by atoms with Crippen LogP contribution < -0.4 is 5.32 Å². The largest absolute Gasteiger partial charge is 0.508 e. The Morgan fingerprint density at radius 2 is 2.00 bits per heavy atom. The van der Waals surface area contributed by atoms with E-state index in [0.29, 0.717) is 22.1 Å². The summed E-state index contributed by atoms with van der Waals surface area (Å²) in [5.41, 5.74) is 1.54. The second kappa shape index (κ2) is 7.45. The Labute approximate surface area is 148 Å². The maximum atomic E-state index is 12.3. The van der Waals surface area contributed by atoms with Crippen molar-refractivity contribution in [1.82, 2.24) is 9.97 Å². The Hall–Kier alpha value is -2.71. The van der Waals surface area contributed by atoms with Crippen molar-refractivity contribution in [3.05, 3.63) is 41.0 Å². The number of thiophene rings is 1. The third kappa shape index (κ3) is 3.70. The van der Waals surface area contributed by atoms with Gasteiger partial charge in [-0.2, -0.15) is 0 Å². The third-order valence-electron chi connectivity index (χ3n) is 3.56. The topological polar surface area (TPSA) is 93.6 Å². The van der Waals surface area contributed by atoms with Gasteiger partial charge in [0.25, 0.3) is 0 Å². The summed E-state index contributed by atoms with van der Waals surface area (Å²) in [7, 11) is 1.55. The van der Waals surface area contributed by atoms with E-state index in [2.05, 4.69) is 15.3 Å². The minimum Gasteiger partial charge on any atom is -0.508 e. The van der Waals surface area contributed by atoms with E-state index in [1.165, 1.54) is 17.7 Å². The molecule has 2 N–H and O–H groups in total. The van der Waals surface area contributed by atoms with Gasteiger partial charge in [0.2, 0.25) is 0 Å². The monoisotopic (exact) mass is 359 g/mol. The number of nitrogens with zero attached hydrogens (tertiary/aromatic N) is 2. The van der Waals surface area contributed by atoms with Gasteiger partial charge in [0.05, 0.1) is 12.0 Å². The van der Waals surface area contributed by atoms with Crippen molar-refractivity contribution < 1.29 is 19.4 Å². The molecule has 0 spiro atoms. The van der Waals surface area contributed by atoms with Gasteiger partial charge in [-0.05, 0) is 36.8 Å². The third-order valence-corrected chi connectivity index (χ3v) is 4.74. The van der Waals surface area contributed by atoms with Crippen LogP contribution in [0.2, 0.25) is 0 Å². The van der Waals surface area contributed by atoms with Crippen molar-refractivity contribution in [3.8, 4) is 5.75 Å². The van der Waals surface area contributed by atoms with Crippen LogP contribution in [0.3, 0.4) is 0 Å². The van der Waals surface area contributed by atoms with Crippen molar-refractivity contribution in [2.24, 2.45) is 0 Å². The molecule has 3 aromatic rings. The number of fused-ring (bicyclic) bond motifs is 1. The lowest BCUT2D eigenvalue weighted by Crippen LogP contribution is -2.09. The summed E-state index contributed by atoms with van der Waals surface area (Å²) in [6, 6.07) is 6.65. The SMILES string of the molecule is COCCOC(=O)c1sc2ncnc(Nc3ccc(O)cc3)c2c1C. The zero-order chi connectivity index (χ0) is 17.8. The summed E-state index contributed by atoms with van der Waals surface area (Å²) in [6.07, 6.45) is 1.45. The predicted octanol–water partition coefficient (Wildman–Crippen LogP) is 3.25. The first-order valence-corrected chi connectivity index (χ1v) is 8.38. The first kappa shape index (κ1) is 17.1. The van der Waals surface area contributed by atoms with Gasteiger partial charge in [-0.25, -0.2) is 14.8 Å². The Balaban J connectivity index is 1.92. The molecule has 25 heavy (non-hydrogen) atoms. The molecule has 8 heteroatoms. The lowest BCUT2D eigenvalue weighted by Gasteiger charge is -2.07. The number of carbonyl (C=O) groups excluding carboxylic acids is 1. The lowest BCUT2D eigenvalue weighted by atomic mass is 10.2. The van der Waals surface area contributed by atoms with Crippen LogP contribution in [0.15, 0.2) is 30.6 Å². The smallest absolute Gasteiger partial charge is 0.348 e. The van der Waals surface area contributed by atoms with E-state index < -0.39 is 5.97 Å². The van der Waals surface area contributed by atoms with Crippen molar-refractivity contribution >= 4 is 39.0 Å². The average molecular weight is 359 g/mol. The first-order chi connectivity index (χ1) is 12.1. The van der Waals surface area contributed by atoms with Crippen LogP contribution in [0.4, 0.5) is 11.5 Å². The standard InChI is InChI=1S/C17H17N3O4S/c1-10-13-15(20-11-3-5-12(21)6-4-11)18-9-19-16(13)25-14(10)17(22)24-8-7-23-2/h3-6,9,21H,7-8H2,1-2H3,(H,18,19,20). The Morgan fingerprint density at radius 1 is 1.24 bits per heavy atom. The molecule has 0 aliphatic carbocycles. The summed E-state index contributed by atoms with van der Waals surface area (Å²) in [6.45, 7) is 2.40. The molecule has 0 fully saturated rings. The average Bonchev–Trinajstić information content (AvgIpc) is 2.95. The van der Waals surface area contributed by atoms with Gasteiger partial charge in [0, 0.05) is 12.8 Å². The fraction of sp³-hybridized carbons (Fsp3) is 0.235. The van der Waals surface area contributed by atoms with Gasteiger partial charge in [0.1, 0.15) is 34.2 Å². The van der Waals surface area contributed by atoms with E-state index in [4.69, 9.17) is 9.47 Å². The second-order valence-electron chi connectivity index (χ2n) is 5.26. The summed E-state index contributed by atoms with van der Waals surface area (Å²) in [4.78, 5) is 22.0. The van der Waals surface area contributed by atoms with Crippen LogP contribution in [0.5, 0.6) is 5.75 Å². The molecule has 2 aromatic heterocycles. The maximum Gasteiger partial charge on any atom is 0.348 e. The molecule has 0 amide bonds. The van der Waals surface area contributed by atoms with E-state index in [1.807, 2.05) is 6.92 Å². The highest BCUT2D eigenvalue weighted by Gasteiger charge is 2.20. The minimum absolute atomic E-state index is 0.186. The number of phenolic OH excluding ortho intramolecular Hbond substituents is 1. The minimum atomic E-state index is -0.395. The Kier molecular flexibility index (Phi) is 5.11. The number of anilines is 2. The number of methoxy groups -OCH3 is 1. The van der Waals surface area contributed by atoms with Crippen molar-refractivity contribution in [2.75, 3.05) is 25.6 Å². The molecule has 0 saturated carbocycles. The van der Waals surface area contributed by atoms with E-state index in [0.717, 1.165) is 16.6 Å². The molecule has 7 nitrogen and oxygen atoms in total. The molecule has 0 bridgehead atoms. The molecule has 0 aliphatic rings. The molecular weight excluding hydrogens is 342 g/mol. The lowest BCUT2D eigenvalue weighted by molar-refractivity contribution is 0.0393. The number of aromatic nitrogens is 2. The number of carbonyl (C=O) groups is 1. The summed E-state index contributed by atoms with van der Waals surface area (Å²) < 4.78 is 10.1. The van der Waals surface area contributed by atoms with Gasteiger partial charge in [-0.15, -0.1) is 11.3 Å². The van der Waals surface area contributed by atoms with E-state index in [1.54, 1.807) is 31.4 Å². The summed E-state index contributed by atoms with van der Waals surface area (Å²) in [5, 5.41) is 13.3. The Morgan fingerprint density at radius 3 is 2.72 bits per heavy atom. The van der Waals surface area contributed by atoms with Gasteiger partial charge in [-0.1, -0.05) is 0 Å². The molecule has 130 valence electrons. The maximum absolute atomic E-state index is 12.3. The highest BCUT2D eigenvalue weighted by Crippen LogP contribution is 2.34. The molecule has 0 atom stereocenters. The molecule has 1 aromatic carbocycles. The number of esters is 1. The van der Waals surface area contributed by atoms with Gasteiger partial charge in [-0.3, -0.25) is 0 Å². The fourth-order valence-electron chi connectivity index (χ4n) is 2.33. The van der Waals surface area contributed by atoms with Gasteiger partial charge >= 0.3 is 5.97 Å². The van der Waals surface area contributed by atoms with Crippen LogP contribution in [0, 0.1) is 6.92 Å². The van der Waals surface area contributed by atoms with Crippen LogP contribution in [0.1, 0.15) is 15.2 Å². The zero-order valence-electron chi connectivity index (χ0n) is 13.8. The number of rotatable bonds is 6. The van der Waals surface area contributed by atoms with Crippen molar-refractivity contribution in [1.29, 1.82) is 0 Å². The number of aryl methyl sites for hydroxylation is 1. The number of aromatic hydroxyl groups is 1. The van der Waals surface area contributed by atoms with Crippen LogP contribution in [-0.4, -0.2) is 41.4 Å².